The van der Waals surface area contributed by atoms with Crippen LogP contribution in [0.4, 0.5) is 0 Å². The molecule has 0 aliphatic heterocycles. The van der Waals surface area contributed by atoms with E-state index in [4.69, 9.17) is 9.84 Å². The quantitative estimate of drug-likeness (QED) is 0.753. The molecule has 0 aliphatic carbocycles. The predicted octanol–water partition coefficient (Wildman–Crippen LogP) is 2.56. The van der Waals surface area contributed by atoms with Crippen molar-refractivity contribution >= 4 is 29.2 Å². The van der Waals surface area contributed by atoms with Crippen molar-refractivity contribution < 1.29 is 14.6 Å². The second-order valence-corrected chi connectivity index (χ2v) is 5.05. The third kappa shape index (κ3) is 3.67. The molecule has 0 saturated heterocycles. The molecule has 0 radical (unpaired) electrons. The Hall–Kier alpha value is -3.41. The summed E-state index contributed by atoms with van der Waals surface area (Å²) in [6, 6.07) is 14.2. The van der Waals surface area contributed by atoms with Gasteiger partial charge < -0.3 is 14.8 Å². The molecule has 0 spiro atoms. The van der Waals surface area contributed by atoms with E-state index in [0.29, 0.717) is 22.5 Å². The van der Waals surface area contributed by atoms with Crippen molar-refractivity contribution in [2.45, 2.75) is 0 Å². The van der Waals surface area contributed by atoms with Gasteiger partial charge in [0.15, 0.2) is 6.61 Å². The van der Waals surface area contributed by atoms with E-state index in [-0.39, 0.29) is 12.2 Å². The van der Waals surface area contributed by atoms with E-state index in [9.17, 15) is 9.59 Å². The van der Waals surface area contributed by atoms with E-state index in [1.807, 2.05) is 18.2 Å². The molecule has 6 nitrogen and oxygen atoms in total. The summed E-state index contributed by atoms with van der Waals surface area (Å²) in [4.78, 5) is 29.6. The van der Waals surface area contributed by atoms with Crippen LogP contribution in [0.2, 0.25) is 0 Å². The molecule has 6 heteroatoms. The lowest BCUT2D eigenvalue weighted by atomic mass is 10.2. The molecule has 120 valence electrons. The largest absolute Gasteiger partial charge is 0.482 e. The number of H-pyrrole nitrogens is 1. The number of rotatable bonds is 5. The Morgan fingerprint density at radius 3 is 2.62 bits per heavy atom. The first-order valence-corrected chi connectivity index (χ1v) is 7.23. The Bertz CT molecular complexity index is 959. The molecule has 0 saturated carbocycles. The van der Waals surface area contributed by atoms with Crippen LogP contribution in [0.25, 0.3) is 23.2 Å². The number of benzene rings is 2. The number of aliphatic carboxylic acids is 1. The number of hydrogen-bond acceptors (Lipinski definition) is 4. The number of ether oxygens (including phenoxy) is 1. The third-order valence-corrected chi connectivity index (χ3v) is 3.30. The fourth-order valence-electron chi connectivity index (χ4n) is 2.15. The maximum Gasteiger partial charge on any atom is 0.341 e. The molecule has 2 aromatic carbocycles. The van der Waals surface area contributed by atoms with Crippen LogP contribution >= 0.6 is 0 Å². The molecule has 2 N–H and O–H groups in total. The summed E-state index contributed by atoms with van der Waals surface area (Å²) in [6.45, 7) is -0.383. The Morgan fingerprint density at radius 2 is 1.88 bits per heavy atom. The number of aromatic nitrogens is 2. The first-order valence-electron chi connectivity index (χ1n) is 7.23. The summed E-state index contributed by atoms with van der Waals surface area (Å²) in [7, 11) is 0. The topological polar surface area (TPSA) is 92.3 Å². The molecule has 1 heterocycles. The second kappa shape index (κ2) is 6.78. The van der Waals surface area contributed by atoms with Crippen molar-refractivity contribution in [2.75, 3.05) is 6.61 Å². The average Bonchev–Trinajstić information content (AvgIpc) is 2.59. The summed E-state index contributed by atoms with van der Waals surface area (Å²) < 4.78 is 5.06. The Kier molecular flexibility index (Phi) is 4.38. The zero-order chi connectivity index (χ0) is 16.9. The van der Waals surface area contributed by atoms with Gasteiger partial charge in [0.1, 0.15) is 11.4 Å². The van der Waals surface area contributed by atoms with Crippen molar-refractivity contribution in [3.63, 3.8) is 0 Å². The number of carboxylic acid groups (broad SMARTS) is 1. The van der Waals surface area contributed by atoms with E-state index >= 15 is 0 Å². The lowest BCUT2D eigenvalue weighted by molar-refractivity contribution is -0.139. The van der Waals surface area contributed by atoms with Gasteiger partial charge in [0.2, 0.25) is 0 Å². The van der Waals surface area contributed by atoms with Crippen molar-refractivity contribution in [2.24, 2.45) is 0 Å². The highest BCUT2D eigenvalue weighted by atomic mass is 16.5. The Morgan fingerprint density at radius 1 is 1.12 bits per heavy atom. The molecule has 0 amide bonds. The number of nitrogens with zero attached hydrogens (tertiary/aromatic N) is 1. The summed E-state index contributed by atoms with van der Waals surface area (Å²) in [5.41, 5.74) is 2.31. The smallest absolute Gasteiger partial charge is 0.341 e. The third-order valence-electron chi connectivity index (χ3n) is 3.30. The molecule has 0 unspecified atom stereocenters. The minimum atomic E-state index is -1.03. The number of carbonyl (C=O) groups is 1. The molecule has 0 aliphatic rings. The molecular formula is C18H14N2O4. The van der Waals surface area contributed by atoms with Gasteiger partial charge >= 0.3 is 5.97 Å². The highest BCUT2D eigenvalue weighted by Gasteiger charge is 2.02. The van der Waals surface area contributed by atoms with Gasteiger partial charge in [-0.1, -0.05) is 30.3 Å². The van der Waals surface area contributed by atoms with Gasteiger partial charge in [0, 0.05) is 0 Å². The van der Waals surface area contributed by atoms with E-state index < -0.39 is 5.97 Å². The highest BCUT2D eigenvalue weighted by molar-refractivity contribution is 5.76. The van der Waals surface area contributed by atoms with E-state index in [1.165, 1.54) is 0 Å². The van der Waals surface area contributed by atoms with Gasteiger partial charge in [-0.2, -0.15) is 0 Å². The van der Waals surface area contributed by atoms with Crippen molar-refractivity contribution in [1.29, 1.82) is 0 Å². The number of hydrogen-bond donors (Lipinski definition) is 2. The Balaban J connectivity index is 1.79. The first kappa shape index (κ1) is 15.5. The average molecular weight is 322 g/mol. The van der Waals surface area contributed by atoms with Gasteiger partial charge in [-0.05, 0) is 35.9 Å². The summed E-state index contributed by atoms with van der Waals surface area (Å²) in [6.07, 6.45) is 3.39. The maximum absolute atomic E-state index is 12.0. The Labute approximate surface area is 137 Å². The lowest BCUT2D eigenvalue weighted by Crippen LogP contribution is -2.11. The van der Waals surface area contributed by atoms with Crippen LogP contribution < -0.4 is 10.3 Å². The molecule has 1 aromatic heterocycles. The van der Waals surface area contributed by atoms with Crippen molar-refractivity contribution in [3.05, 3.63) is 70.1 Å². The summed E-state index contributed by atoms with van der Waals surface area (Å²) >= 11 is 0. The number of para-hydroxylation sites is 2. The minimum Gasteiger partial charge on any atom is -0.482 e. The summed E-state index contributed by atoms with van der Waals surface area (Å²) in [5, 5.41) is 8.57. The fourth-order valence-corrected chi connectivity index (χ4v) is 2.15. The van der Waals surface area contributed by atoms with Crippen molar-refractivity contribution in [3.8, 4) is 5.75 Å². The second-order valence-electron chi connectivity index (χ2n) is 5.05. The number of fused-ring (bicyclic) bond motifs is 1. The van der Waals surface area contributed by atoms with Crippen LogP contribution in [0, 0.1) is 0 Å². The molecule has 3 rings (SSSR count). The maximum atomic E-state index is 12.0. The van der Waals surface area contributed by atoms with Gasteiger partial charge in [-0.25, -0.2) is 9.78 Å². The minimum absolute atomic E-state index is 0.258. The normalized spacial score (nSPS) is 11.0. The zero-order valence-electron chi connectivity index (χ0n) is 12.6. The van der Waals surface area contributed by atoms with E-state index in [1.54, 1.807) is 42.5 Å². The molecule has 0 fully saturated rings. The molecule has 24 heavy (non-hydrogen) atoms. The van der Waals surface area contributed by atoms with Crippen LogP contribution in [-0.4, -0.2) is 27.7 Å². The van der Waals surface area contributed by atoms with Gasteiger partial charge in [-0.3, -0.25) is 4.79 Å². The molecule has 0 atom stereocenters. The van der Waals surface area contributed by atoms with Crippen LogP contribution in [0.15, 0.2) is 53.3 Å². The van der Waals surface area contributed by atoms with E-state index in [2.05, 4.69) is 9.97 Å². The highest BCUT2D eigenvalue weighted by Crippen LogP contribution is 2.14. The fraction of sp³-hybridized carbons (Fsp3) is 0.0556. The number of nitrogens with one attached hydrogen (secondary N) is 1. The molecule has 3 aromatic rings. The van der Waals surface area contributed by atoms with Crippen LogP contribution in [0.1, 0.15) is 11.3 Å². The number of carboxylic acids is 1. The van der Waals surface area contributed by atoms with Crippen LogP contribution in [-0.2, 0) is 4.79 Å². The standard InChI is InChI=1S/C18H14N2O4/c21-17(22)11-24-13-8-5-12(6-9-13)7-10-16-18(23)20-15-4-2-1-3-14(15)19-16/h1-10H,11H2,(H,20,23)(H,21,22)/b10-7+. The molecular weight excluding hydrogens is 308 g/mol. The van der Waals surface area contributed by atoms with E-state index in [0.717, 1.165) is 5.56 Å². The number of aromatic amines is 1. The van der Waals surface area contributed by atoms with Gasteiger partial charge in [-0.15, -0.1) is 0 Å². The zero-order valence-corrected chi connectivity index (χ0v) is 12.6. The van der Waals surface area contributed by atoms with Gasteiger partial charge in [0.05, 0.1) is 11.0 Å². The first-order chi connectivity index (χ1) is 11.6. The van der Waals surface area contributed by atoms with Crippen LogP contribution in [0.5, 0.6) is 5.75 Å². The lowest BCUT2D eigenvalue weighted by Gasteiger charge is -2.03. The molecule has 0 bridgehead atoms. The van der Waals surface area contributed by atoms with Gasteiger partial charge in [0.25, 0.3) is 5.56 Å². The SMILES string of the molecule is O=C(O)COc1ccc(/C=C/c2nc3ccccc3[nH]c2=O)cc1. The summed E-state index contributed by atoms with van der Waals surface area (Å²) in [5.74, 6) is -0.559. The van der Waals surface area contributed by atoms with Crippen LogP contribution in [0.3, 0.4) is 0 Å². The van der Waals surface area contributed by atoms with Crippen molar-refractivity contribution in [1.82, 2.24) is 9.97 Å². The predicted molar refractivity (Wildman–Crippen MR) is 90.9 cm³/mol. The monoisotopic (exact) mass is 322 g/mol.